The lowest BCUT2D eigenvalue weighted by molar-refractivity contribution is -0.112. The number of nitriles is 1. The van der Waals surface area contributed by atoms with Crippen molar-refractivity contribution in [3.63, 3.8) is 0 Å². The number of rotatable bonds is 4. The fourth-order valence-corrected chi connectivity index (χ4v) is 2.71. The van der Waals surface area contributed by atoms with Crippen LogP contribution in [-0.2, 0) is 4.79 Å². The van der Waals surface area contributed by atoms with E-state index >= 15 is 0 Å². The Balaban J connectivity index is 1.80. The summed E-state index contributed by atoms with van der Waals surface area (Å²) in [6.45, 7) is 0. The predicted molar refractivity (Wildman–Crippen MR) is 106 cm³/mol. The number of nitrogens with zero attached hydrogens (tertiary/aromatic N) is 1. The maximum atomic E-state index is 12.3. The van der Waals surface area contributed by atoms with Gasteiger partial charge in [-0.1, -0.05) is 45.7 Å². The molecule has 1 aromatic heterocycles. The molecule has 0 atom stereocenters. The zero-order valence-corrected chi connectivity index (χ0v) is 15.7. The topological polar surface area (TPSA) is 66.0 Å². The van der Waals surface area contributed by atoms with Crippen molar-refractivity contribution in [2.24, 2.45) is 0 Å². The minimum absolute atomic E-state index is 0.0679. The molecule has 0 unspecified atom stereocenters. The van der Waals surface area contributed by atoms with E-state index in [0.29, 0.717) is 22.2 Å². The second-order valence-corrected chi connectivity index (χ2v) is 6.70. The number of hydrogen-bond acceptors (Lipinski definition) is 3. The van der Waals surface area contributed by atoms with Crippen LogP contribution in [0.5, 0.6) is 0 Å². The molecule has 26 heavy (non-hydrogen) atoms. The number of carbonyl (C=O) groups is 1. The zero-order valence-electron chi connectivity index (χ0n) is 13.4. The number of hydrogen-bond donors (Lipinski definition) is 1. The van der Waals surface area contributed by atoms with E-state index in [1.807, 2.05) is 30.3 Å². The number of furan rings is 1. The molecule has 0 spiro atoms. The first-order chi connectivity index (χ1) is 12.5. The minimum atomic E-state index is -0.531. The highest BCUT2D eigenvalue weighted by molar-refractivity contribution is 9.10. The van der Waals surface area contributed by atoms with E-state index < -0.39 is 5.91 Å². The van der Waals surface area contributed by atoms with Crippen molar-refractivity contribution in [2.75, 3.05) is 5.32 Å². The summed E-state index contributed by atoms with van der Waals surface area (Å²) in [5, 5.41) is 12.4. The molecule has 0 aliphatic heterocycles. The number of carbonyl (C=O) groups excluding carboxylic acids is 1. The molecule has 4 nitrogen and oxygen atoms in total. The van der Waals surface area contributed by atoms with E-state index in [0.717, 1.165) is 10.0 Å². The average molecular weight is 428 g/mol. The van der Waals surface area contributed by atoms with Crippen molar-refractivity contribution in [2.45, 2.75) is 0 Å². The van der Waals surface area contributed by atoms with Crippen LogP contribution in [0, 0.1) is 11.3 Å². The van der Waals surface area contributed by atoms with E-state index in [-0.39, 0.29) is 5.57 Å². The molecular weight excluding hydrogens is 416 g/mol. The molecule has 128 valence electrons. The largest absolute Gasteiger partial charge is 0.457 e. The third-order valence-corrected chi connectivity index (χ3v) is 4.25. The summed E-state index contributed by atoms with van der Waals surface area (Å²) in [6, 6.07) is 19.7. The summed E-state index contributed by atoms with van der Waals surface area (Å²) in [5.41, 5.74) is 1.34. The Morgan fingerprint density at radius 1 is 1.15 bits per heavy atom. The van der Waals surface area contributed by atoms with Crippen molar-refractivity contribution in [3.05, 3.63) is 81.5 Å². The first-order valence-corrected chi connectivity index (χ1v) is 8.77. The number of anilines is 1. The Bertz CT molecular complexity index is 1020. The highest BCUT2D eigenvalue weighted by Crippen LogP contribution is 2.25. The molecule has 0 bridgehead atoms. The van der Waals surface area contributed by atoms with Gasteiger partial charge in [0.2, 0.25) is 0 Å². The Morgan fingerprint density at radius 2 is 1.92 bits per heavy atom. The lowest BCUT2D eigenvalue weighted by Gasteiger charge is -2.04. The van der Waals surface area contributed by atoms with Crippen LogP contribution in [0.15, 0.2) is 75.1 Å². The van der Waals surface area contributed by atoms with Crippen LogP contribution in [0.1, 0.15) is 5.76 Å². The van der Waals surface area contributed by atoms with Gasteiger partial charge in [-0.05, 0) is 42.5 Å². The van der Waals surface area contributed by atoms with Gasteiger partial charge in [0, 0.05) is 26.8 Å². The summed E-state index contributed by atoms with van der Waals surface area (Å²) < 4.78 is 6.69. The van der Waals surface area contributed by atoms with Crippen LogP contribution in [0.3, 0.4) is 0 Å². The standard InChI is InChI=1S/C20H12BrClN2O2/c21-15-6-4-13(5-7-15)19-9-8-18(26-19)10-14(12-23)20(25)24-17-3-1-2-16(22)11-17/h1-11H,(H,24,25)/b14-10+. The first-order valence-electron chi connectivity index (χ1n) is 7.59. The highest BCUT2D eigenvalue weighted by atomic mass is 79.9. The van der Waals surface area contributed by atoms with Gasteiger partial charge in [0.05, 0.1) is 0 Å². The SMILES string of the molecule is N#C/C(=C\c1ccc(-c2ccc(Br)cc2)o1)C(=O)Nc1cccc(Cl)c1. The predicted octanol–water partition coefficient (Wildman–Crippen LogP) is 5.91. The van der Waals surface area contributed by atoms with E-state index in [9.17, 15) is 10.1 Å². The number of nitrogens with one attached hydrogen (secondary N) is 1. The molecule has 6 heteroatoms. The lowest BCUT2D eigenvalue weighted by atomic mass is 10.2. The molecule has 1 heterocycles. The third kappa shape index (κ3) is 4.42. The summed E-state index contributed by atoms with van der Waals surface area (Å²) in [4.78, 5) is 12.3. The Kier molecular flexibility index (Phi) is 5.57. The number of benzene rings is 2. The summed E-state index contributed by atoms with van der Waals surface area (Å²) in [6.07, 6.45) is 1.40. The van der Waals surface area contributed by atoms with Gasteiger partial charge in [-0.2, -0.15) is 5.26 Å². The second kappa shape index (κ2) is 8.05. The molecule has 3 rings (SSSR count). The molecule has 0 aliphatic carbocycles. The van der Waals surface area contributed by atoms with Gasteiger partial charge in [0.1, 0.15) is 23.2 Å². The average Bonchev–Trinajstić information content (AvgIpc) is 3.09. The fourth-order valence-electron chi connectivity index (χ4n) is 2.26. The fraction of sp³-hybridized carbons (Fsp3) is 0. The van der Waals surface area contributed by atoms with Gasteiger partial charge in [-0.15, -0.1) is 0 Å². The summed E-state index contributed by atoms with van der Waals surface area (Å²) in [5.74, 6) is 0.536. The van der Waals surface area contributed by atoms with Crippen molar-refractivity contribution in [1.29, 1.82) is 5.26 Å². The van der Waals surface area contributed by atoms with E-state index in [4.69, 9.17) is 16.0 Å². The first kappa shape index (κ1) is 18.0. The van der Waals surface area contributed by atoms with Crippen LogP contribution in [0.4, 0.5) is 5.69 Å². The van der Waals surface area contributed by atoms with Crippen LogP contribution >= 0.6 is 27.5 Å². The maximum absolute atomic E-state index is 12.3. The molecule has 0 fully saturated rings. The van der Waals surface area contributed by atoms with Gasteiger partial charge < -0.3 is 9.73 Å². The van der Waals surface area contributed by atoms with Crippen molar-refractivity contribution >= 4 is 45.2 Å². The van der Waals surface area contributed by atoms with E-state index in [1.54, 1.807) is 36.4 Å². The van der Waals surface area contributed by atoms with Crippen LogP contribution < -0.4 is 5.32 Å². The van der Waals surface area contributed by atoms with Crippen LogP contribution in [0.25, 0.3) is 17.4 Å². The number of amides is 1. The molecule has 1 N–H and O–H groups in total. The van der Waals surface area contributed by atoms with E-state index in [2.05, 4.69) is 21.2 Å². The van der Waals surface area contributed by atoms with Gasteiger partial charge >= 0.3 is 0 Å². The van der Waals surface area contributed by atoms with Crippen molar-refractivity contribution in [1.82, 2.24) is 0 Å². The Labute approximate surface area is 163 Å². The molecule has 1 amide bonds. The van der Waals surface area contributed by atoms with Crippen molar-refractivity contribution < 1.29 is 9.21 Å². The molecule has 0 radical (unpaired) electrons. The third-order valence-electron chi connectivity index (χ3n) is 3.49. The van der Waals surface area contributed by atoms with Gasteiger partial charge in [0.25, 0.3) is 5.91 Å². The summed E-state index contributed by atoms with van der Waals surface area (Å²) >= 11 is 9.28. The van der Waals surface area contributed by atoms with Gasteiger partial charge in [0.15, 0.2) is 0 Å². The monoisotopic (exact) mass is 426 g/mol. The highest BCUT2D eigenvalue weighted by Gasteiger charge is 2.11. The Hall–Kier alpha value is -2.81. The smallest absolute Gasteiger partial charge is 0.266 e. The van der Waals surface area contributed by atoms with Gasteiger partial charge in [-0.3, -0.25) is 4.79 Å². The normalized spacial score (nSPS) is 11.0. The van der Waals surface area contributed by atoms with Gasteiger partial charge in [-0.25, -0.2) is 0 Å². The quantitative estimate of drug-likeness (QED) is 0.416. The summed E-state index contributed by atoms with van der Waals surface area (Å²) in [7, 11) is 0. The molecule has 2 aromatic carbocycles. The Morgan fingerprint density at radius 3 is 2.62 bits per heavy atom. The molecular formula is C20H12BrClN2O2. The zero-order chi connectivity index (χ0) is 18.5. The minimum Gasteiger partial charge on any atom is -0.457 e. The molecule has 0 saturated carbocycles. The van der Waals surface area contributed by atoms with Crippen LogP contribution in [0.2, 0.25) is 5.02 Å². The second-order valence-electron chi connectivity index (χ2n) is 5.34. The van der Waals surface area contributed by atoms with Crippen LogP contribution in [-0.4, -0.2) is 5.91 Å². The molecule has 0 aliphatic rings. The van der Waals surface area contributed by atoms with Crippen molar-refractivity contribution in [3.8, 4) is 17.4 Å². The molecule has 3 aromatic rings. The lowest BCUT2D eigenvalue weighted by Crippen LogP contribution is -2.13. The number of halogens is 2. The maximum Gasteiger partial charge on any atom is 0.266 e. The molecule has 0 saturated heterocycles. The van der Waals surface area contributed by atoms with E-state index in [1.165, 1.54) is 6.08 Å².